The van der Waals surface area contributed by atoms with Crippen molar-refractivity contribution in [2.45, 2.75) is 0 Å². The highest BCUT2D eigenvalue weighted by Crippen LogP contribution is 2.27. The molecule has 0 spiro atoms. The van der Waals surface area contributed by atoms with Crippen LogP contribution in [0.5, 0.6) is 5.75 Å². The van der Waals surface area contributed by atoms with Gasteiger partial charge < -0.3 is 9.72 Å². The summed E-state index contributed by atoms with van der Waals surface area (Å²) in [6.07, 6.45) is 1.53. The molecule has 0 radical (unpaired) electrons. The van der Waals surface area contributed by atoms with Gasteiger partial charge in [0.1, 0.15) is 11.6 Å². The topological polar surface area (TPSA) is 42.1 Å². The van der Waals surface area contributed by atoms with Gasteiger partial charge in [-0.1, -0.05) is 0 Å². The summed E-state index contributed by atoms with van der Waals surface area (Å²) in [6.45, 7) is 0. The van der Waals surface area contributed by atoms with Gasteiger partial charge >= 0.3 is 0 Å². The fourth-order valence-electron chi connectivity index (χ4n) is 1.52. The first kappa shape index (κ1) is 10.4. The van der Waals surface area contributed by atoms with Crippen molar-refractivity contribution in [1.82, 2.24) is 4.98 Å². The van der Waals surface area contributed by atoms with E-state index in [2.05, 4.69) is 4.98 Å². The van der Waals surface area contributed by atoms with Crippen molar-refractivity contribution >= 4 is 0 Å². The minimum atomic E-state index is -0.404. The lowest BCUT2D eigenvalue weighted by atomic mass is 10.1. The molecule has 4 heteroatoms. The van der Waals surface area contributed by atoms with Gasteiger partial charge in [0, 0.05) is 11.8 Å². The Labute approximate surface area is 91.5 Å². The van der Waals surface area contributed by atoms with Crippen LogP contribution in [0.3, 0.4) is 0 Å². The molecule has 0 bridgehead atoms. The van der Waals surface area contributed by atoms with E-state index in [1.165, 1.54) is 31.5 Å². The Balaban J connectivity index is 2.68. The number of benzene rings is 1. The van der Waals surface area contributed by atoms with E-state index in [9.17, 15) is 9.18 Å². The molecule has 0 aliphatic carbocycles. The van der Waals surface area contributed by atoms with Crippen LogP contribution >= 0.6 is 0 Å². The molecule has 0 saturated carbocycles. The van der Waals surface area contributed by atoms with Crippen LogP contribution in [-0.2, 0) is 0 Å². The molecule has 0 atom stereocenters. The summed E-state index contributed by atoms with van der Waals surface area (Å²) in [5.41, 5.74) is 0.564. The molecule has 2 aromatic rings. The van der Waals surface area contributed by atoms with Crippen molar-refractivity contribution in [1.29, 1.82) is 0 Å². The quantitative estimate of drug-likeness (QED) is 0.841. The fraction of sp³-hybridized carbons (Fsp3) is 0.0833. The van der Waals surface area contributed by atoms with Crippen molar-refractivity contribution in [2.75, 3.05) is 7.11 Å². The van der Waals surface area contributed by atoms with Crippen LogP contribution < -0.4 is 10.3 Å². The van der Waals surface area contributed by atoms with Crippen LogP contribution in [0.2, 0.25) is 0 Å². The van der Waals surface area contributed by atoms with Crippen LogP contribution in [-0.4, -0.2) is 12.1 Å². The van der Waals surface area contributed by atoms with E-state index in [1.54, 1.807) is 12.1 Å². The summed E-state index contributed by atoms with van der Waals surface area (Å²) < 4.78 is 18.2. The molecule has 0 saturated heterocycles. The lowest BCUT2D eigenvalue weighted by Gasteiger charge is -2.07. The first-order valence-electron chi connectivity index (χ1n) is 4.74. The van der Waals surface area contributed by atoms with Gasteiger partial charge in [0.05, 0.1) is 12.7 Å². The van der Waals surface area contributed by atoms with Gasteiger partial charge in [0.2, 0.25) is 0 Å². The highest BCUT2D eigenvalue weighted by molar-refractivity contribution is 5.69. The van der Waals surface area contributed by atoms with E-state index in [-0.39, 0.29) is 5.56 Å². The Hall–Kier alpha value is -2.10. The molecule has 82 valence electrons. The number of hydrogen-bond donors (Lipinski definition) is 1. The van der Waals surface area contributed by atoms with Crippen LogP contribution in [0.25, 0.3) is 11.1 Å². The fourth-order valence-corrected chi connectivity index (χ4v) is 1.52. The van der Waals surface area contributed by atoms with Crippen molar-refractivity contribution < 1.29 is 9.13 Å². The number of rotatable bonds is 2. The monoisotopic (exact) mass is 219 g/mol. The molecule has 0 amide bonds. The number of ether oxygens (including phenoxy) is 1. The Morgan fingerprint density at radius 2 is 2.06 bits per heavy atom. The Morgan fingerprint density at radius 1 is 1.25 bits per heavy atom. The van der Waals surface area contributed by atoms with Crippen LogP contribution in [0, 0.1) is 5.82 Å². The van der Waals surface area contributed by atoms with E-state index in [0.29, 0.717) is 16.9 Å². The van der Waals surface area contributed by atoms with Crippen molar-refractivity contribution in [3.63, 3.8) is 0 Å². The SMILES string of the molecule is COc1ccc(F)cc1-c1ccc[nH]c1=O. The van der Waals surface area contributed by atoms with E-state index in [1.807, 2.05) is 0 Å². The number of aromatic amines is 1. The second-order valence-corrected chi connectivity index (χ2v) is 3.26. The zero-order valence-electron chi connectivity index (χ0n) is 8.66. The zero-order valence-corrected chi connectivity index (χ0v) is 8.66. The number of nitrogens with one attached hydrogen (secondary N) is 1. The second-order valence-electron chi connectivity index (χ2n) is 3.26. The Morgan fingerprint density at radius 3 is 2.75 bits per heavy atom. The summed E-state index contributed by atoms with van der Waals surface area (Å²) >= 11 is 0. The summed E-state index contributed by atoms with van der Waals surface area (Å²) in [4.78, 5) is 14.1. The smallest absolute Gasteiger partial charge is 0.255 e. The third kappa shape index (κ3) is 1.82. The molecule has 1 aromatic carbocycles. The van der Waals surface area contributed by atoms with Gasteiger partial charge in [-0.25, -0.2) is 4.39 Å². The highest BCUT2D eigenvalue weighted by Gasteiger charge is 2.09. The molecular formula is C12H10FNO2. The highest BCUT2D eigenvalue weighted by atomic mass is 19.1. The summed E-state index contributed by atoms with van der Waals surface area (Å²) in [5, 5.41) is 0. The first-order chi connectivity index (χ1) is 7.72. The molecule has 0 fully saturated rings. The summed E-state index contributed by atoms with van der Waals surface area (Å²) in [5.74, 6) is 0.0668. The normalized spacial score (nSPS) is 10.1. The molecule has 1 aromatic heterocycles. The number of hydrogen-bond acceptors (Lipinski definition) is 2. The van der Waals surface area contributed by atoms with Gasteiger partial charge in [0.15, 0.2) is 0 Å². The van der Waals surface area contributed by atoms with Crippen molar-refractivity contribution in [2.24, 2.45) is 0 Å². The molecule has 3 nitrogen and oxygen atoms in total. The van der Waals surface area contributed by atoms with E-state index < -0.39 is 5.82 Å². The Bertz CT molecular complexity index is 563. The molecular weight excluding hydrogens is 209 g/mol. The van der Waals surface area contributed by atoms with Crippen LogP contribution in [0.1, 0.15) is 0 Å². The second kappa shape index (κ2) is 4.18. The zero-order chi connectivity index (χ0) is 11.5. The predicted molar refractivity (Wildman–Crippen MR) is 59.0 cm³/mol. The molecule has 16 heavy (non-hydrogen) atoms. The maximum atomic E-state index is 13.1. The van der Waals surface area contributed by atoms with E-state index in [4.69, 9.17) is 4.74 Å². The molecule has 0 aliphatic rings. The van der Waals surface area contributed by atoms with Crippen molar-refractivity contribution in [3.05, 3.63) is 52.7 Å². The largest absolute Gasteiger partial charge is 0.496 e. The molecule has 0 unspecified atom stereocenters. The van der Waals surface area contributed by atoms with Crippen molar-refractivity contribution in [3.8, 4) is 16.9 Å². The molecule has 1 N–H and O–H groups in total. The minimum Gasteiger partial charge on any atom is -0.496 e. The maximum Gasteiger partial charge on any atom is 0.255 e. The standard InChI is InChI=1S/C12H10FNO2/c1-16-11-5-4-8(13)7-10(11)9-3-2-6-14-12(9)15/h2-7H,1H3,(H,14,15). The van der Waals surface area contributed by atoms with E-state index >= 15 is 0 Å². The summed E-state index contributed by atoms with van der Waals surface area (Å²) in [6, 6.07) is 7.37. The van der Waals surface area contributed by atoms with Gasteiger partial charge in [0.25, 0.3) is 5.56 Å². The summed E-state index contributed by atoms with van der Waals surface area (Å²) in [7, 11) is 1.48. The van der Waals surface area contributed by atoms with E-state index in [0.717, 1.165) is 0 Å². The predicted octanol–water partition coefficient (Wildman–Crippen LogP) is 2.19. The number of methoxy groups -OCH3 is 1. The molecule has 2 rings (SSSR count). The minimum absolute atomic E-state index is 0.272. The number of pyridine rings is 1. The lowest BCUT2D eigenvalue weighted by molar-refractivity contribution is 0.415. The lowest BCUT2D eigenvalue weighted by Crippen LogP contribution is -2.07. The number of H-pyrrole nitrogens is 1. The van der Waals surface area contributed by atoms with Gasteiger partial charge in [-0.3, -0.25) is 4.79 Å². The van der Waals surface area contributed by atoms with Crippen LogP contribution in [0.4, 0.5) is 4.39 Å². The van der Waals surface area contributed by atoms with Gasteiger partial charge in [-0.05, 0) is 30.3 Å². The third-order valence-corrected chi connectivity index (χ3v) is 2.27. The van der Waals surface area contributed by atoms with Crippen LogP contribution in [0.15, 0.2) is 41.3 Å². The first-order valence-corrected chi connectivity index (χ1v) is 4.74. The van der Waals surface area contributed by atoms with Gasteiger partial charge in [-0.2, -0.15) is 0 Å². The maximum absolute atomic E-state index is 13.1. The number of halogens is 1. The Kier molecular flexibility index (Phi) is 2.72. The molecule has 0 aliphatic heterocycles. The average Bonchev–Trinajstić information content (AvgIpc) is 2.29. The molecule has 1 heterocycles. The van der Waals surface area contributed by atoms with Gasteiger partial charge in [-0.15, -0.1) is 0 Å². The number of aromatic nitrogens is 1. The third-order valence-electron chi connectivity index (χ3n) is 2.27. The average molecular weight is 219 g/mol.